The number of benzene rings is 1. The maximum absolute atomic E-state index is 12.1. The van der Waals surface area contributed by atoms with Crippen LogP contribution in [0.4, 0.5) is 0 Å². The Labute approximate surface area is 141 Å². The fraction of sp³-hybridized carbons (Fsp3) is 0.444. The molecule has 1 fully saturated rings. The number of halogens is 1. The third kappa shape index (κ3) is 3.19. The van der Waals surface area contributed by atoms with E-state index in [2.05, 4.69) is 11.2 Å². The van der Waals surface area contributed by atoms with Gasteiger partial charge in [0, 0.05) is 23.0 Å². The Hall–Kier alpha value is -1.65. The molecule has 1 aromatic carbocycles. The van der Waals surface area contributed by atoms with E-state index in [0.717, 1.165) is 36.4 Å². The first kappa shape index (κ1) is 16.2. The zero-order valence-corrected chi connectivity index (χ0v) is 14.1. The summed E-state index contributed by atoms with van der Waals surface area (Å²) in [5.74, 6) is 0. The lowest BCUT2D eigenvalue weighted by atomic mass is 9.68. The van der Waals surface area contributed by atoms with E-state index >= 15 is 0 Å². The van der Waals surface area contributed by atoms with Gasteiger partial charge < -0.3 is 5.73 Å². The van der Waals surface area contributed by atoms with Crippen LogP contribution < -0.4 is 11.3 Å². The Morgan fingerprint density at radius 2 is 2.04 bits per heavy atom. The van der Waals surface area contributed by atoms with Gasteiger partial charge in [-0.25, -0.2) is 4.68 Å². The third-order valence-corrected chi connectivity index (χ3v) is 5.28. The van der Waals surface area contributed by atoms with Crippen LogP contribution in [0.2, 0.25) is 5.02 Å². The van der Waals surface area contributed by atoms with Crippen LogP contribution >= 0.6 is 11.6 Å². The van der Waals surface area contributed by atoms with Gasteiger partial charge >= 0.3 is 0 Å². The van der Waals surface area contributed by atoms with Crippen LogP contribution in [0.25, 0.3) is 0 Å². The maximum atomic E-state index is 12.1. The quantitative estimate of drug-likeness (QED) is 0.939. The number of rotatable bonds is 3. The van der Waals surface area contributed by atoms with Gasteiger partial charge in [0.2, 0.25) is 0 Å². The van der Waals surface area contributed by atoms with Crippen molar-refractivity contribution in [1.29, 1.82) is 0 Å². The van der Waals surface area contributed by atoms with Crippen LogP contribution in [-0.4, -0.2) is 16.3 Å². The van der Waals surface area contributed by atoms with Crippen molar-refractivity contribution in [3.63, 3.8) is 0 Å². The molecule has 1 aliphatic rings. The molecule has 0 bridgehead atoms. The number of aromatic nitrogens is 2. The summed E-state index contributed by atoms with van der Waals surface area (Å²) in [7, 11) is 0. The maximum Gasteiger partial charge on any atom is 0.267 e. The SMILES string of the molecule is Cc1ccc(=O)n([C@H]2CC[C@](CN)(c3cccc(Cl)c3)CC2)n1. The Kier molecular flexibility index (Phi) is 4.55. The number of aryl methyl sites for hydroxylation is 1. The smallest absolute Gasteiger partial charge is 0.267 e. The number of nitrogens with two attached hydrogens (primary N) is 1. The summed E-state index contributed by atoms with van der Waals surface area (Å²) >= 11 is 6.15. The summed E-state index contributed by atoms with van der Waals surface area (Å²) in [4.78, 5) is 12.1. The molecule has 4 nitrogen and oxygen atoms in total. The van der Waals surface area contributed by atoms with E-state index in [9.17, 15) is 4.79 Å². The van der Waals surface area contributed by atoms with Crippen LogP contribution in [0, 0.1) is 6.92 Å². The molecule has 0 radical (unpaired) electrons. The van der Waals surface area contributed by atoms with Crippen molar-refractivity contribution < 1.29 is 0 Å². The van der Waals surface area contributed by atoms with E-state index in [1.807, 2.05) is 25.1 Å². The fourth-order valence-electron chi connectivity index (χ4n) is 3.61. The van der Waals surface area contributed by atoms with Gasteiger partial charge in [0.15, 0.2) is 0 Å². The van der Waals surface area contributed by atoms with Crippen molar-refractivity contribution in [2.75, 3.05) is 6.54 Å². The Morgan fingerprint density at radius 3 is 2.70 bits per heavy atom. The average molecular weight is 332 g/mol. The van der Waals surface area contributed by atoms with E-state index in [1.54, 1.807) is 16.8 Å². The van der Waals surface area contributed by atoms with Crippen molar-refractivity contribution in [2.45, 2.75) is 44.1 Å². The van der Waals surface area contributed by atoms with Crippen molar-refractivity contribution in [1.82, 2.24) is 9.78 Å². The summed E-state index contributed by atoms with van der Waals surface area (Å²) in [5.41, 5.74) is 8.13. The van der Waals surface area contributed by atoms with Gasteiger partial charge in [0.25, 0.3) is 5.56 Å². The molecule has 0 saturated heterocycles. The van der Waals surface area contributed by atoms with E-state index in [1.165, 1.54) is 5.56 Å². The minimum atomic E-state index is -0.0468. The zero-order chi connectivity index (χ0) is 16.4. The van der Waals surface area contributed by atoms with E-state index in [0.29, 0.717) is 6.54 Å². The second kappa shape index (κ2) is 6.46. The first-order chi connectivity index (χ1) is 11.0. The van der Waals surface area contributed by atoms with Crippen LogP contribution in [-0.2, 0) is 5.41 Å². The minimum absolute atomic E-state index is 0.0244. The van der Waals surface area contributed by atoms with E-state index in [-0.39, 0.29) is 17.0 Å². The molecule has 1 heterocycles. The second-order valence-corrected chi connectivity index (χ2v) is 6.92. The lowest BCUT2D eigenvalue weighted by molar-refractivity contribution is 0.221. The molecule has 1 aromatic heterocycles. The zero-order valence-electron chi connectivity index (χ0n) is 13.3. The van der Waals surface area contributed by atoms with Crippen molar-refractivity contribution in [3.05, 3.63) is 63.0 Å². The molecule has 2 aromatic rings. The van der Waals surface area contributed by atoms with Gasteiger partial charge in [0.05, 0.1) is 11.7 Å². The summed E-state index contributed by atoms with van der Waals surface area (Å²) in [6.45, 7) is 2.51. The largest absolute Gasteiger partial charge is 0.330 e. The molecule has 3 rings (SSSR count). The first-order valence-electron chi connectivity index (χ1n) is 8.07. The highest BCUT2D eigenvalue weighted by Gasteiger charge is 2.36. The van der Waals surface area contributed by atoms with Gasteiger partial charge in [-0.3, -0.25) is 4.79 Å². The molecular formula is C18H22ClN3O. The molecule has 0 unspecified atom stereocenters. The molecule has 1 saturated carbocycles. The molecule has 5 heteroatoms. The van der Waals surface area contributed by atoms with Crippen molar-refractivity contribution >= 4 is 11.6 Å². The molecule has 0 amide bonds. The average Bonchev–Trinajstić information content (AvgIpc) is 2.57. The second-order valence-electron chi connectivity index (χ2n) is 6.48. The van der Waals surface area contributed by atoms with Gasteiger partial charge in [0.1, 0.15) is 0 Å². The highest BCUT2D eigenvalue weighted by atomic mass is 35.5. The summed E-state index contributed by atoms with van der Waals surface area (Å²) in [6.07, 6.45) is 3.69. The Balaban J connectivity index is 1.84. The molecule has 0 atom stereocenters. The van der Waals surface area contributed by atoms with Crippen LogP contribution in [0.15, 0.2) is 41.2 Å². The minimum Gasteiger partial charge on any atom is -0.330 e. The van der Waals surface area contributed by atoms with Gasteiger partial charge in [-0.05, 0) is 56.4 Å². The molecule has 0 aliphatic heterocycles. The Morgan fingerprint density at radius 1 is 1.30 bits per heavy atom. The van der Waals surface area contributed by atoms with Gasteiger partial charge in [-0.15, -0.1) is 0 Å². The summed E-state index contributed by atoms with van der Waals surface area (Å²) in [6, 6.07) is 11.5. The van der Waals surface area contributed by atoms with Crippen molar-refractivity contribution in [3.8, 4) is 0 Å². The monoisotopic (exact) mass is 331 g/mol. The number of hydrogen-bond donors (Lipinski definition) is 1. The third-order valence-electron chi connectivity index (χ3n) is 5.04. The highest BCUT2D eigenvalue weighted by Crippen LogP contribution is 2.42. The molecule has 23 heavy (non-hydrogen) atoms. The summed E-state index contributed by atoms with van der Waals surface area (Å²) < 4.78 is 1.65. The van der Waals surface area contributed by atoms with Crippen LogP contribution in [0.5, 0.6) is 0 Å². The number of nitrogens with zero attached hydrogens (tertiary/aromatic N) is 2. The standard InChI is InChI=1S/C18H22ClN3O/c1-13-5-6-17(23)22(21-13)16-7-9-18(12-20,10-8-16)14-3-2-4-15(19)11-14/h2-6,11,16H,7-10,12,20H2,1H3/t16-,18-. The predicted molar refractivity (Wildman–Crippen MR) is 92.9 cm³/mol. The van der Waals surface area contributed by atoms with Gasteiger partial charge in [-0.2, -0.15) is 5.10 Å². The summed E-state index contributed by atoms with van der Waals surface area (Å²) in [5, 5.41) is 5.15. The Bertz CT molecular complexity index is 748. The van der Waals surface area contributed by atoms with E-state index in [4.69, 9.17) is 17.3 Å². The first-order valence-corrected chi connectivity index (χ1v) is 8.44. The molecule has 1 aliphatic carbocycles. The topological polar surface area (TPSA) is 60.9 Å². The molecule has 0 spiro atoms. The normalized spacial score (nSPS) is 24.6. The lowest BCUT2D eigenvalue weighted by Crippen LogP contribution is -2.41. The molecule has 122 valence electrons. The highest BCUT2D eigenvalue weighted by molar-refractivity contribution is 6.30. The molecular weight excluding hydrogens is 310 g/mol. The molecule has 2 N–H and O–H groups in total. The number of hydrogen-bond acceptors (Lipinski definition) is 3. The van der Waals surface area contributed by atoms with E-state index < -0.39 is 0 Å². The fourth-order valence-corrected chi connectivity index (χ4v) is 3.80. The van der Waals surface area contributed by atoms with Crippen LogP contribution in [0.3, 0.4) is 0 Å². The van der Waals surface area contributed by atoms with Gasteiger partial charge in [-0.1, -0.05) is 23.7 Å². The van der Waals surface area contributed by atoms with Crippen molar-refractivity contribution in [2.24, 2.45) is 5.73 Å². The predicted octanol–water partition coefficient (Wildman–Crippen LogP) is 3.22. The van der Waals surface area contributed by atoms with Crippen LogP contribution in [0.1, 0.15) is 43.0 Å². The lowest BCUT2D eigenvalue weighted by Gasteiger charge is -2.40.